The summed E-state index contributed by atoms with van der Waals surface area (Å²) in [5.41, 5.74) is 0. The highest BCUT2D eigenvalue weighted by Gasteiger charge is 2.40. The van der Waals surface area contributed by atoms with Crippen LogP contribution in [0, 0.1) is 0 Å². The Kier molecular flexibility index (Phi) is 4.05. The Balaban J connectivity index is 2.09. The van der Waals surface area contributed by atoms with E-state index in [9.17, 15) is 14.4 Å². The maximum Gasteiger partial charge on any atom is 0.263 e. The SMILES string of the molecule is CC(C)N1C(=O)CC(NC(=O)c2sccc2Br)C1=O. The number of amides is 3. The van der Waals surface area contributed by atoms with Crippen molar-refractivity contribution in [3.05, 3.63) is 20.8 Å². The summed E-state index contributed by atoms with van der Waals surface area (Å²) in [5, 5.41) is 4.40. The van der Waals surface area contributed by atoms with Crippen LogP contribution in [0.4, 0.5) is 0 Å². The summed E-state index contributed by atoms with van der Waals surface area (Å²) in [6.45, 7) is 3.55. The molecule has 1 N–H and O–H groups in total. The molecular weight excluding hydrogens is 332 g/mol. The molecule has 3 amide bonds. The molecule has 1 unspecified atom stereocenters. The van der Waals surface area contributed by atoms with Crippen LogP contribution < -0.4 is 5.32 Å². The van der Waals surface area contributed by atoms with Crippen LogP contribution in [-0.4, -0.2) is 34.7 Å². The second-order valence-corrected chi connectivity index (χ2v) is 6.29. The molecule has 1 atom stereocenters. The molecule has 0 bridgehead atoms. The van der Waals surface area contributed by atoms with E-state index in [4.69, 9.17) is 0 Å². The molecule has 0 saturated carbocycles. The molecule has 0 aromatic carbocycles. The Morgan fingerprint density at radius 2 is 2.21 bits per heavy atom. The van der Waals surface area contributed by atoms with Gasteiger partial charge in [0.2, 0.25) is 5.91 Å². The first-order chi connectivity index (χ1) is 8.91. The van der Waals surface area contributed by atoms with Crippen LogP contribution in [-0.2, 0) is 9.59 Å². The summed E-state index contributed by atoms with van der Waals surface area (Å²) >= 11 is 4.55. The minimum absolute atomic E-state index is 0.0335. The van der Waals surface area contributed by atoms with E-state index in [1.165, 1.54) is 16.2 Å². The molecule has 5 nitrogen and oxygen atoms in total. The van der Waals surface area contributed by atoms with Crippen molar-refractivity contribution < 1.29 is 14.4 Å². The fraction of sp³-hybridized carbons (Fsp3) is 0.417. The van der Waals surface area contributed by atoms with E-state index >= 15 is 0 Å². The van der Waals surface area contributed by atoms with E-state index in [2.05, 4.69) is 21.2 Å². The van der Waals surface area contributed by atoms with Gasteiger partial charge in [-0.2, -0.15) is 0 Å². The van der Waals surface area contributed by atoms with Crippen molar-refractivity contribution in [3.63, 3.8) is 0 Å². The molecule has 7 heteroatoms. The normalized spacial score (nSPS) is 19.4. The predicted octanol–water partition coefficient (Wildman–Crippen LogP) is 1.78. The highest BCUT2D eigenvalue weighted by Crippen LogP contribution is 2.23. The average Bonchev–Trinajstić information content (AvgIpc) is 2.84. The van der Waals surface area contributed by atoms with Gasteiger partial charge in [0.25, 0.3) is 11.8 Å². The summed E-state index contributed by atoms with van der Waals surface area (Å²) in [6.07, 6.45) is 0.0335. The van der Waals surface area contributed by atoms with Crippen molar-refractivity contribution >= 4 is 45.0 Å². The first-order valence-corrected chi connectivity index (χ1v) is 7.49. The van der Waals surface area contributed by atoms with Gasteiger partial charge < -0.3 is 5.32 Å². The number of nitrogens with zero attached hydrogens (tertiary/aromatic N) is 1. The third kappa shape index (κ3) is 2.71. The second-order valence-electron chi connectivity index (χ2n) is 4.52. The molecular formula is C12H13BrN2O3S. The summed E-state index contributed by atoms with van der Waals surface area (Å²) < 4.78 is 0.687. The van der Waals surface area contributed by atoms with Gasteiger partial charge in [0.1, 0.15) is 10.9 Å². The molecule has 1 aliphatic rings. The maximum absolute atomic E-state index is 12.0. The molecule has 2 heterocycles. The minimum Gasteiger partial charge on any atom is -0.339 e. The minimum atomic E-state index is -0.753. The summed E-state index contributed by atoms with van der Waals surface area (Å²) in [4.78, 5) is 37.5. The van der Waals surface area contributed by atoms with Gasteiger partial charge in [0.05, 0.1) is 6.42 Å². The van der Waals surface area contributed by atoms with Crippen LogP contribution in [0.15, 0.2) is 15.9 Å². The largest absolute Gasteiger partial charge is 0.339 e. The first-order valence-electron chi connectivity index (χ1n) is 5.81. The van der Waals surface area contributed by atoms with Crippen molar-refractivity contribution in [2.24, 2.45) is 0 Å². The Morgan fingerprint density at radius 1 is 1.53 bits per heavy atom. The van der Waals surface area contributed by atoms with E-state index in [0.29, 0.717) is 9.35 Å². The van der Waals surface area contributed by atoms with Crippen molar-refractivity contribution in [1.82, 2.24) is 10.2 Å². The van der Waals surface area contributed by atoms with Gasteiger partial charge >= 0.3 is 0 Å². The number of nitrogens with one attached hydrogen (secondary N) is 1. The second kappa shape index (κ2) is 5.42. The molecule has 2 rings (SSSR count). The molecule has 0 aliphatic carbocycles. The summed E-state index contributed by atoms with van der Waals surface area (Å²) in [7, 11) is 0. The molecule has 0 radical (unpaired) electrons. The quantitative estimate of drug-likeness (QED) is 0.850. The zero-order valence-electron chi connectivity index (χ0n) is 10.5. The van der Waals surface area contributed by atoms with Crippen LogP contribution in [0.1, 0.15) is 29.9 Å². The number of carbonyl (C=O) groups excluding carboxylic acids is 3. The number of hydrogen-bond donors (Lipinski definition) is 1. The fourth-order valence-corrected chi connectivity index (χ4v) is 3.44. The van der Waals surface area contributed by atoms with Crippen LogP contribution >= 0.6 is 27.3 Å². The van der Waals surface area contributed by atoms with Gasteiger partial charge in [-0.15, -0.1) is 11.3 Å². The standard InChI is InChI=1S/C12H13BrN2O3S/c1-6(2)15-9(16)5-8(12(15)18)14-11(17)10-7(13)3-4-19-10/h3-4,6,8H,5H2,1-2H3,(H,14,17). The molecule has 102 valence electrons. The van der Waals surface area contributed by atoms with Crippen molar-refractivity contribution in [1.29, 1.82) is 0 Å². The number of imide groups is 1. The zero-order valence-corrected chi connectivity index (χ0v) is 12.9. The highest BCUT2D eigenvalue weighted by atomic mass is 79.9. The smallest absolute Gasteiger partial charge is 0.263 e. The monoisotopic (exact) mass is 344 g/mol. The van der Waals surface area contributed by atoms with Crippen LogP contribution in [0.5, 0.6) is 0 Å². The molecule has 0 spiro atoms. The van der Waals surface area contributed by atoms with Crippen LogP contribution in [0.2, 0.25) is 0 Å². The van der Waals surface area contributed by atoms with Crippen molar-refractivity contribution in [2.45, 2.75) is 32.4 Å². The Hall–Kier alpha value is -1.21. The van der Waals surface area contributed by atoms with Gasteiger partial charge in [-0.05, 0) is 41.2 Å². The molecule has 19 heavy (non-hydrogen) atoms. The molecule has 1 aromatic heterocycles. The first kappa shape index (κ1) is 14.2. The topological polar surface area (TPSA) is 66.5 Å². The maximum atomic E-state index is 12.0. The van der Waals surface area contributed by atoms with Gasteiger partial charge in [0, 0.05) is 10.5 Å². The van der Waals surface area contributed by atoms with E-state index in [1.807, 2.05) is 0 Å². The third-order valence-corrected chi connectivity index (χ3v) is 4.66. The van der Waals surface area contributed by atoms with Crippen LogP contribution in [0.25, 0.3) is 0 Å². The highest BCUT2D eigenvalue weighted by molar-refractivity contribution is 9.10. The molecule has 1 aliphatic heterocycles. The lowest BCUT2D eigenvalue weighted by Gasteiger charge is -2.19. The zero-order chi connectivity index (χ0) is 14.2. The van der Waals surface area contributed by atoms with Crippen LogP contribution in [0.3, 0.4) is 0 Å². The molecule has 1 aromatic rings. The number of halogens is 1. The van der Waals surface area contributed by atoms with E-state index < -0.39 is 6.04 Å². The summed E-state index contributed by atoms with van der Waals surface area (Å²) in [6, 6.07) is 0.827. The van der Waals surface area contributed by atoms with Crippen molar-refractivity contribution in [3.8, 4) is 0 Å². The predicted molar refractivity (Wildman–Crippen MR) is 74.9 cm³/mol. The number of rotatable bonds is 3. The number of thiophene rings is 1. The Bertz CT molecular complexity index is 541. The Morgan fingerprint density at radius 3 is 2.68 bits per heavy atom. The van der Waals surface area contributed by atoms with E-state index in [-0.39, 0.29) is 30.2 Å². The van der Waals surface area contributed by atoms with Gasteiger partial charge in [-0.1, -0.05) is 0 Å². The Labute approximate surface area is 123 Å². The van der Waals surface area contributed by atoms with Gasteiger partial charge in [-0.25, -0.2) is 0 Å². The lowest BCUT2D eigenvalue weighted by atomic mass is 10.2. The van der Waals surface area contributed by atoms with E-state index in [0.717, 1.165) is 0 Å². The number of hydrogen-bond acceptors (Lipinski definition) is 4. The average molecular weight is 345 g/mol. The number of likely N-dealkylation sites (tertiary alicyclic amines) is 1. The third-order valence-electron chi connectivity index (χ3n) is 2.83. The van der Waals surface area contributed by atoms with Gasteiger partial charge in [-0.3, -0.25) is 19.3 Å². The van der Waals surface area contributed by atoms with E-state index in [1.54, 1.807) is 25.3 Å². The summed E-state index contributed by atoms with van der Waals surface area (Å²) in [5.74, 6) is -0.907. The lowest BCUT2D eigenvalue weighted by Crippen LogP contribution is -2.43. The molecule has 1 saturated heterocycles. The van der Waals surface area contributed by atoms with Crippen molar-refractivity contribution in [2.75, 3.05) is 0 Å². The lowest BCUT2D eigenvalue weighted by molar-refractivity contribution is -0.140. The molecule has 1 fully saturated rings. The van der Waals surface area contributed by atoms with Gasteiger partial charge in [0.15, 0.2) is 0 Å². The number of carbonyl (C=O) groups is 3. The fourth-order valence-electron chi connectivity index (χ4n) is 1.99.